The zero-order chi connectivity index (χ0) is 9.84. The van der Waals surface area contributed by atoms with Crippen molar-refractivity contribution in [2.75, 3.05) is 6.54 Å². The SMILES string of the molecule is CCNC(=O)c1c(CC)noc1C. The third-order valence-corrected chi connectivity index (χ3v) is 1.83. The number of aromatic nitrogens is 1. The van der Waals surface area contributed by atoms with Crippen molar-refractivity contribution in [3.05, 3.63) is 17.0 Å². The van der Waals surface area contributed by atoms with Crippen LogP contribution in [0.4, 0.5) is 0 Å². The Bertz CT molecular complexity index is 305. The fourth-order valence-corrected chi connectivity index (χ4v) is 1.20. The van der Waals surface area contributed by atoms with Crippen LogP contribution in [-0.2, 0) is 6.42 Å². The first-order valence-electron chi connectivity index (χ1n) is 4.44. The van der Waals surface area contributed by atoms with Crippen molar-refractivity contribution < 1.29 is 9.32 Å². The van der Waals surface area contributed by atoms with Crippen LogP contribution in [0.1, 0.15) is 35.7 Å². The first-order chi connectivity index (χ1) is 6.20. The van der Waals surface area contributed by atoms with E-state index in [1.165, 1.54) is 0 Å². The zero-order valence-electron chi connectivity index (χ0n) is 8.18. The summed E-state index contributed by atoms with van der Waals surface area (Å²) in [5.41, 5.74) is 1.31. The first kappa shape index (κ1) is 9.77. The van der Waals surface area contributed by atoms with Crippen molar-refractivity contribution in [1.29, 1.82) is 0 Å². The molecule has 0 fully saturated rings. The van der Waals surface area contributed by atoms with Gasteiger partial charge in [-0.05, 0) is 20.3 Å². The van der Waals surface area contributed by atoms with E-state index >= 15 is 0 Å². The monoisotopic (exact) mass is 182 g/mol. The van der Waals surface area contributed by atoms with Crippen LogP contribution in [0.2, 0.25) is 0 Å². The maximum absolute atomic E-state index is 11.5. The van der Waals surface area contributed by atoms with Gasteiger partial charge in [-0.2, -0.15) is 0 Å². The molecule has 0 aliphatic heterocycles. The smallest absolute Gasteiger partial charge is 0.256 e. The standard InChI is InChI=1S/C9H14N2O2/c1-4-7-8(6(3)13-11-7)9(12)10-5-2/h4-5H2,1-3H3,(H,10,12). The molecule has 72 valence electrons. The number of carbonyl (C=O) groups excluding carboxylic acids is 1. The minimum Gasteiger partial charge on any atom is -0.361 e. The number of nitrogens with zero attached hydrogens (tertiary/aromatic N) is 1. The molecule has 0 aromatic carbocycles. The van der Waals surface area contributed by atoms with Gasteiger partial charge in [0.05, 0.1) is 5.69 Å². The molecule has 1 rings (SSSR count). The molecular formula is C9H14N2O2. The largest absolute Gasteiger partial charge is 0.361 e. The lowest BCUT2D eigenvalue weighted by Crippen LogP contribution is -2.24. The number of hydrogen-bond acceptors (Lipinski definition) is 3. The summed E-state index contributed by atoms with van der Waals surface area (Å²) in [4.78, 5) is 11.5. The van der Waals surface area contributed by atoms with Crippen LogP contribution in [0.15, 0.2) is 4.52 Å². The Morgan fingerprint density at radius 3 is 2.77 bits per heavy atom. The summed E-state index contributed by atoms with van der Waals surface area (Å²) in [6, 6.07) is 0. The van der Waals surface area contributed by atoms with Crippen LogP contribution in [0.3, 0.4) is 0 Å². The summed E-state index contributed by atoms with van der Waals surface area (Å²) in [7, 11) is 0. The van der Waals surface area contributed by atoms with E-state index in [0.29, 0.717) is 24.3 Å². The van der Waals surface area contributed by atoms with E-state index in [1.807, 2.05) is 13.8 Å². The van der Waals surface area contributed by atoms with Crippen LogP contribution >= 0.6 is 0 Å². The summed E-state index contributed by atoms with van der Waals surface area (Å²) in [6.45, 7) is 6.19. The predicted molar refractivity (Wildman–Crippen MR) is 48.6 cm³/mol. The summed E-state index contributed by atoms with van der Waals surface area (Å²) in [5.74, 6) is 0.487. The molecule has 1 heterocycles. The van der Waals surface area contributed by atoms with E-state index in [1.54, 1.807) is 6.92 Å². The van der Waals surface area contributed by atoms with Gasteiger partial charge >= 0.3 is 0 Å². The predicted octanol–water partition coefficient (Wildman–Crippen LogP) is 1.30. The van der Waals surface area contributed by atoms with E-state index < -0.39 is 0 Å². The lowest BCUT2D eigenvalue weighted by Gasteiger charge is -2.00. The summed E-state index contributed by atoms with van der Waals surface area (Å²) in [5, 5.41) is 6.53. The zero-order valence-corrected chi connectivity index (χ0v) is 8.18. The topological polar surface area (TPSA) is 55.1 Å². The van der Waals surface area contributed by atoms with Gasteiger partial charge in [0.15, 0.2) is 0 Å². The molecule has 0 unspecified atom stereocenters. The highest BCUT2D eigenvalue weighted by Crippen LogP contribution is 2.13. The summed E-state index contributed by atoms with van der Waals surface area (Å²) < 4.78 is 4.94. The van der Waals surface area contributed by atoms with E-state index in [-0.39, 0.29) is 5.91 Å². The lowest BCUT2D eigenvalue weighted by atomic mass is 10.1. The Morgan fingerprint density at radius 1 is 1.54 bits per heavy atom. The quantitative estimate of drug-likeness (QED) is 0.766. The van der Waals surface area contributed by atoms with Gasteiger partial charge in [0.25, 0.3) is 5.91 Å². The molecule has 0 aliphatic carbocycles. The molecule has 1 aromatic rings. The number of hydrogen-bond donors (Lipinski definition) is 1. The fraction of sp³-hybridized carbons (Fsp3) is 0.556. The van der Waals surface area contributed by atoms with Crippen LogP contribution in [0.25, 0.3) is 0 Å². The highest BCUT2D eigenvalue weighted by atomic mass is 16.5. The van der Waals surface area contributed by atoms with Crippen LogP contribution < -0.4 is 5.32 Å². The highest BCUT2D eigenvalue weighted by molar-refractivity contribution is 5.96. The van der Waals surface area contributed by atoms with Gasteiger partial charge < -0.3 is 9.84 Å². The average molecular weight is 182 g/mol. The van der Waals surface area contributed by atoms with E-state index in [4.69, 9.17) is 4.52 Å². The second-order valence-electron chi connectivity index (χ2n) is 2.77. The molecule has 0 aliphatic rings. The number of aryl methyl sites for hydroxylation is 2. The summed E-state index contributed by atoms with van der Waals surface area (Å²) >= 11 is 0. The lowest BCUT2D eigenvalue weighted by molar-refractivity contribution is 0.0953. The Kier molecular flexibility index (Phi) is 3.06. The van der Waals surface area contributed by atoms with Crippen LogP contribution in [-0.4, -0.2) is 17.6 Å². The Labute approximate surface area is 77.3 Å². The number of rotatable bonds is 3. The molecule has 13 heavy (non-hydrogen) atoms. The Morgan fingerprint density at radius 2 is 2.23 bits per heavy atom. The fourth-order valence-electron chi connectivity index (χ4n) is 1.20. The van der Waals surface area contributed by atoms with Crippen molar-refractivity contribution >= 4 is 5.91 Å². The van der Waals surface area contributed by atoms with Crippen LogP contribution in [0.5, 0.6) is 0 Å². The van der Waals surface area contributed by atoms with E-state index in [0.717, 1.165) is 5.69 Å². The Balaban J connectivity index is 2.96. The van der Waals surface area contributed by atoms with Crippen molar-refractivity contribution in [1.82, 2.24) is 10.5 Å². The first-order valence-corrected chi connectivity index (χ1v) is 4.44. The number of amides is 1. The van der Waals surface area contributed by atoms with Crippen molar-refractivity contribution in [3.63, 3.8) is 0 Å². The summed E-state index contributed by atoms with van der Waals surface area (Å²) in [6.07, 6.45) is 0.712. The average Bonchev–Trinajstić information content (AvgIpc) is 2.47. The highest BCUT2D eigenvalue weighted by Gasteiger charge is 2.17. The molecule has 1 amide bonds. The maximum atomic E-state index is 11.5. The molecule has 0 atom stereocenters. The maximum Gasteiger partial charge on any atom is 0.256 e. The Hall–Kier alpha value is -1.32. The van der Waals surface area contributed by atoms with Crippen molar-refractivity contribution in [3.8, 4) is 0 Å². The second-order valence-corrected chi connectivity index (χ2v) is 2.77. The molecule has 0 spiro atoms. The minimum absolute atomic E-state index is 0.0990. The molecule has 4 nitrogen and oxygen atoms in total. The molecule has 0 radical (unpaired) electrons. The number of nitrogens with one attached hydrogen (secondary N) is 1. The van der Waals surface area contributed by atoms with E-state index in [9.17, 15) is 4.79 Å². The third-order valence-electron chi connectivity index (χ3n) is 1.83. The third kappa shape index (κ3) is 1.88. The second kappa shape index (κ2) is 4.07. The molecule has 0 bridgehead atoms. The molecule has 4 heteroatoms. The van der Waals surface area contributed by atoms with Crippen LogP contribution in [0, 0.1) is 6.92 Å². The molecule has 1 aromatic heterocycles. The van der Waals surface area contributed by atoms with Gasteiger partial charge in [0.1, 0.15) is 11.3 Å². The van der Waals surface area contributed by atoms with Crippen molar-refractivity contribution in [2.24, 2.45) is 0 Å². The molecule has 0 saturated heterocycles. The minimum atomic E-state index is -0.0990. The van der Waals surface area contributed by atoms with Gasteiger partial charge in [0, 0.05) is 6.54 Å². The van der Waals surface area contributed by atoms with Gasteiger partial charge in [-0.3, -0.25) is 4.79 Å². The van der Waals surface area contributed by atoms with Gasteiger partial charge in [-0.15, -0.1) is 0 Å². The molecule has 0 saturated carbocycles. The normalized spacial score (nSPS) is 10.1. The van der Waals surface area contributed by atoms with Gasteiger partial charge in [0.2, 0.25) is 0 Å². The molecule has 1 N–H and O–H groups in total. The van der Waals surface area contributed by atoms with Gasteiger partial charge in [-0.25, -0.2) is 0 Å². The number of carbonyl (C=O) groups is 1. The molecular weight excluding hydrogens is 168 g/mol. The van der Waals surface area contributed by atoms with Crippen molar-refractivity contribution in [2.45, 2.75) is 27.2 Å². The van der Waals surface area contributed by atoms with Gasteiger partial charge in [-0.1, -0.05) is 12.1 Å². The van der Waals surface area contributed by atoms with E-state index in [2.05, 4.69) is 10.5 Å².